The number of hydrogen-bond donors (Lipinski definition) is 2. The second-order valence-corrected chi connectivity index (χ2v) is 10.4. The van der Waals surface area contributed by atoms with Crippen LogP contribution in [0.5, 0.6) is 5.75 Å². The van der Waals surface area contributed by atoms with E-state index in [4.69, 9.17) is 16.3 Å². The summed E-state index contributed by atoms with van der Waals surface area (Å²) >= 11 is 5.94. The first-order valence-corrected chi connectivity index (χ1v) is 13.1. The minimum atomic E-state index is -0.496. The van der Waals surface area contributed by atoms with Gasteiger partial charge in [-0.15, -0.1) is 0 Å². The third kappa shape index (κ3) is 6.19. The fraction of sp³-hybridized carbons (Fsp3) is 0.393. The summed E-state index contributed by atoms with van der Waals surface area (Å²) in [5, 5.41) is 6.84. The van der Waals surface area contributed by atoms with Gasteiger partial charge in [0.2, 0.25) is 5.91 Å². The molecule has 2 aromatic carbocycles. The van der Waals surface area contributed by atoms with Crippen molar-refractivity contribution in [1.29, 1.82) is 0 Å². The van der Waals surface area contributed by atoms with Crippen molar-refractivity contribution in [1.82, 2.24) is 14.9 Å². The standard InChI is InChI=1S/C28H31ClFN5O2/c1-17-5-6-18(2)35(17)11-3-4-27(36)34-25-13-21-24(14-26(25)37-15-19-7-8-19)31-16-32-28(21)33-20-9-10-23(30)22(29)12-20/h3-4,9-10,12-14,16-19H,5-8,11,15H2,1-2H3,(H,34,36)(H,31,32,33)/b4-3+. The maximum absolute atomic E-state index is 13.6. The minimum Gasteiger partial charge on any atom is -0.491 e. The summed E-state index contributed by atoms with van der Waals surface area (Å²) in [4.78, 5) is 24.0. The lowest BCUT2D eigenvalue weighted by molar-refractivity contribution is -0.111. The maximum atomic E-state index is 13.6. The molecule has 1 saturated carbocycles. The third-order valence-electron chi connectivity index (χ3n) is 7.07. The summed E-state index contributed by atoms with van der Waals surface area (Å²) < 4.78 is 19.7. The number of hydrogen-bond acceptors (Lipinski definition) is 6. The number of nitrogens with zero attached hydrogens (tertiary/aromatic N) is 3. The van der Waals surface area contributed by atoms with Gasteiger partial charge in [0, 0.05) is 41.8 Å². The lowest BCUT2D eigenvalue weighted by Crippen LogP contribution is -2.32. The molecule has 1 aliphatic carbocycles. The van der Waals surface area contributed by atoms with Crippen LogP contribution in [0.4, 0.5) is 21.6 Å². The molecule has 0 bridgehead atoms. The van der Waals surface area contributed by atoms with Crippen LogP contribution in [0.15, 0.2) is 48.8 Å². The number of aromatic nitrogens is 2. The first-order chi connectivity index (χ1) is 17.9. The fourth-order valence-corrected chi connectivity index (χ4v) is 4.85. The van der Waals surface area contributed by atoms with Gasteiger partial charge in [0.05, 0.1) is 22.8 Å². The first kappa shape index (κ1) is 25.4. The number of carbonyl (C=O) groups excluding carboxylic acids is 1. The summed E-state index contributed by atoms with van der Waals surface area (Å²) in [5.41, 5.74) is 1.78. The summed E-state index contributed by atoms with van der Waals surface area (Å²) in [6, 6.07) is 9.03. The van der Waals surface area contributed by atoms with Crippen molar-refractivity contribution >= 4 is 45.6 Å². The third-order valence-corrected chi connectivity index (χ3v) is 7.36. The molecule has 2 N–H and O–H groups in total. The van der Waals surface area contributed by atoms with Crippen LogP contribution in [0, 0.1) is 11.7 Å². The van der Waals surface area contributed by atoms with Gasteiger partial charge in [0.25, 0.3) is 0 Å². The molecule has 1 aromatic heterocycles. The molecule has 5 rings (SSSR count). The van der Waals surface area contributed by atoms with Gasteiger partial charge in [0.1, 0.15) is 23.7 Å². The van der Waals surface area contributed by atoms with Crippen molar-refractivity contribution in [2.75, 3.05) is 23.8 Å². The molecular weight excluding hydrogens is 493 g/mol. The van der Waals surface area contributed by atoms with Crippen LogP contribution in [-0.4, -0.2) is 46.0 Å². The first-order valence-electron chi connectivity index (χ1n) is 12.7. The molecule has 9 heteroatoms. The van der Waals surface area contributed by atoms with Crippen LogP contribution in [0.3, 0.4) is 0 Å². The molecule has 1 aliphatic heterocycles. The number of nitrogens with one attached hydrogen (secondary N) is 2. The van der Waals surface area contributed by atoms with Gasteiger partial charge < -0.3 is 15.4 Å². The van der Waals surface area contributed by atoms with E-state index >= 15 is 0 Å². The van der Waals surface area contributed by atoms with E-state index in [1.165, 1.54) is 31.3 Å². The molecule has 0 spiro atoms. The molecule has 194 valence electrons. The van der Waals surface area contributed by atoms with Gasteiger partial charge in [-0.3, -0.25) is 9.69 Å². The van der Waals surface area contributed by atoms with Crippen LogP contribution in [0.2, 0.25) is 5.02 Å². The number of ether oxygens (including phenoxy) is 1. The van der Waals surface area contributed by atoms with Gasteiger partial charge in [0.15, 0.2) is 0 Å². The average molecular weight is 524 g/mol. The molecule has 2 fully saturated rings. The van der Waals surface area contributed by atoms with E-state index in [0.29, 0.717) is 58.5 Å². The molecule has 7 nitrogen and oxygen atoms in total. The Morgan fingerprint density at radius 1 is 1.16 bits per heavy atom. The van der Waals surface area contributed by atoms with Crippen LogP contribution >= 0.6 is 11.6 Å². The van der Waals surface area contributed by atoms with Crippen molar-refractivity contribution in [2.24, 2.45) is 5.92 Å². The number of halogens is 2. The Morgan fingerprint density at radius 3 is 2.68 bits per heavy atom. The van der Waals surface area contributed by atoms with Crippen molar-refractivity contribution < 1.29 is 13.9 Å². The molecule has 0 radical (unpaired) electrons. The zero-order valence-corrected chi connectivity index (χ0v) is 21.8. The summed E-state index contributed by atoms with van der Waals surface area (Å²) in [7, 11) is 0. The number of likely N-dealkylation sites (tertiary alicyclic amines) is 1. The van der Waals surface area contributed by atoms with Crippen LogP contribution in [0.25, 0.3) is 10.9 Å². The average Bonchev–Trinajstić information content (AvgIpc) is 3.65. The molecule has 2 unspecified atom stereocenters. The highest BCUT2D eigenvalue weighted by atomic mass is 35.5. The monoisotopic (exact) mass is 523 g/mol. The molecule has 37 heavy (non-hydrogen) atoms. The molecule has 1 amide bonds. The maximum Gasteiger partial charge on any atom is 0.248 e. The van der Waals surface area contributed by atoms with Crippen molar-refractivity contribution in [3.63, 3.8) is 0 Å². The number of rotatable bonds is 9. The van der Waals surface area contributed by atoms with Crippen LogP contribution in [0.1, 0.15) is 39.5 Å². The zero-order valence-electron chi connectivity index (χ0n) is 21.0. The lowest BCUT2D eigenvalue weighted by atomic mass is 10.1. The molecule has 2 atom stereocenters. The van der Waals surface area contributed by atoms with E-state index < -0.39 is 5.82 Å². The Hall–Kier alpha value is -3.23. The number of benzene rings is 2. The molecule has 2 heterocycles. The largest absolute Gasteiger partial charge is 0.491 e. The van der Waals surface area contributed by atoms with E-state index in [1.807, 2.05) is 12.1 Å². The van der Waals surface area contributed by atoms with Gasteiger partial charge in [-0.2, -0.15) is 0 Å². The molecular formula is C28H31ClFN5O2. The summed E-state index contributed by atoms with van der Waals surface area (Å²) in [6.45, 7) is 5.78. The van der Waals surface area contributed by atoms with Crippen LogP contribution < -0.4 is 15.4 Å². The van der Waals surface area contributed by atoms with Gasteiger partial charge in [-0.05, 0) is 69.7 Å². The van der Waals surface area contributed by atoms with Gasteiger partial charge in [-0.1, -0.05) is 17.7 Å². The fourth-order valence-electron chi connectivity index (χ4n) is 4.67. The second-order valence-electron chi connectivity index (χ2n) is 9.96. The Morgan fingerprint density at radius 2 is 1.95 bits per heavy atom. The zero-order chi connectivity index (χ0) is 25.9. The molecule has 1 saturated heterocycles. The number of carbonyl (C=O) groups is 1. The van der Waals surface area contributed by atoms with Crippen molar-refractivity contribution in [3.05, 3.63) is 59.7 Å². The molecule has 2 aliphatic rings. The minimum absolute atomic E-state index is 0.0107. The Balaban J connectivity index is 1.39. The van der Waals surface area contributed by atoms with Crippen molar-refractivity contribution in [2.45, 2.75) is 51.6 Å². The highest BCUT2D eigenvalue weighted by Crippen LogP contribution is 2.36. The van der Waals surface area contributed by atoms with E-state index in [-0.39, 0.29) is 10.9 Å². The highest BCUT2D eigenvalue weighted by molar-refractivity contribution is 6.31. The smallest absolute Gasteiger partial charge is 0.248 e. The predicted molar refractivity (Wildman–Crippen MR) is 145 cm³/mol. The Labute approximate surface area is 221 Å². The summed E-state index contributed by atoms with van der Waals surface area (Å²) in [5.74, 6) is 0.895. The normalized spacial score (nSPS) is 20.0. The Kier molecular flexibility index (Phi) is 7.58. The van der Waals surface area contributed by atoms with E-state index in [9.17, 15) is 9.18 Å². The van der Waals surface area contributed by atoms with Gasteiger partial charge in [-0.25, -0.2) is 14.4 Å². The van der Waals surface area contributed by atoms with E-state index in [0.717, 1.165) is 19.4 Å². The van der Waals surface area contributed by atoms with Gasteiger partial charge >= 0.3 is 0 Å². The van der Waals surface area contributed by atoms with E-state index in [1.54, 1.807) is 18.2 Å². The number of amides is 1. The lowest BCUT2D eigenvalue weighted by Gasteiger charge is -2.24. The quantitative estimate of drug-likeness (QED) is 0.319. The topological polar surface area (TPSA) is 79.4 Å². The molecule has 3 aromatic rings. The number of fused-ring (bicyclic) bond motifs is 1. The van der Waals surface area contributed by atoms with Crippen LogP contribution in [-0.2, 0) is 4.79 Å². The SMILES string of the molecule is CC1CCC(C)N1C/C=C/C(=O)Nc1cc2c(Nc3ccc(F)c(Cl)c3)ncnc2cc1OCC1CC1. The Bertz CT molecular complexity index is 1320. The highest BCUT2D eigenvalue weighted by Gasteiger charge is 2.26. The predicted octanol–water partition coefficient (Wildman–Crippen LogP) is 6.32. The number of anilines is 3. The van der Waals surface area contributed by atoms with E-state index in [2.05, 4.69) is 39.3 Å². The van der Waals surface area contributed by atoms with Crippen molar-refractivity contribution in [3.8, 4) is 5.75 Å². The summed E-state index contributed by atoms with van der Waals surface area (Å²) in [6.07, 6.45) is 9.61. The second kappa shape index (κ2) is 11.0.